The van der Waals surface area contributed by atoms with Gasteiger partial charge in [0.1, 0.15) is 22.9 Å². The molecule has 8 nitrogen and oxygen atoms in total. The number of rotatable bonds is 5. The maximum absolute atomic E-state index is 14.8. The van der Waals surface area contributed by atoms with E-state index < -0.39 is 35.0 Å². The molecule has 0 unspecified atom stereocenters. The number of carbonyl (C=O) groups excluding carboxylic acids is 3. The van der Waals surface area contributed by atoms with Crippen molar-refractivity contribution < 1.29 is 27.9 Å². The summed E-state index contributed by atoms with van der Waals surface area (Å²) >= 11 is 0. The standard InChI is InChI=1S/C23H26F2N4O4/c1-3-33-21(31)17-12-19-20(30)29(18-10-9-14(24)11-16(18)25)23(2,13-28(19)27-17)22(32)26-15-7-5-4-6-8-15/h9-12,15H,3-8,13H2,1-2H3,(H,26,32)/t23-/m0/s1. The minimum Gasteiger partial charge on any atom is -0.461 e. The molecule has 1 aliphatic carbocycles. The Morgan fingerprint density at radius 1 is 1.21 bits per heavy atom. The SMILES string of the molecule is CCOC(=O)c1cc2n(n1)C[C@@](C)(C(=O)NC1CCCCC1)N(c1ccc(F)cc1F)C2=O. The van der Waals surface area contributed by atoms with E-state index in [1.54, 1.807) is 6.92 Å². The lowest BCUT2D eigenvalue weighted by Gasteiger charge is -2.44. The van der Waals surface area contributed by atoms with E-state index in [0.717, 1.165) is 49.1 Å². The zero-order valence-corrected chi connectivity index (χ0v) is 18.6. The van der Waals surface area contributed by atoms with Gasteiger partial charge in [0, 0.05) is 18.2 Å². The predicted octanol–water partition coefficient (Wildman–Crippen LogP) is 3.21. The second-order valence-corrected chi connectivity index (χ2v) is 8.61. The molecule has 2 heterocycles. The summed E-state index contributed by atoms with van der Waals surface area (Å²) in [5.74, 6) is -3.68. The van der Waals surface area contributed by atoms with Crippen LogP contribution < -0.4 is 10.2 Å². The molecule has 2 aromatic rings. The van der Waals surface area contributed by atoms with Crippen molar-refractivity contribution in [2.45, 2.75) is 64.1 Å². The van der Waals surface area contributed by atoms with E-state index in [9.17, 15) is 23.2 Å². The van der Waals surface area contributed by atoms with Crippen LogP contribution in [0, 0.1) is 11.6 Å². The highest BCUT2D eigenvalue weighted by Gasteiger charge is 2.50. The number of aromatic nitrogens is 2. The van der Waals surface area contributed by atoms with Crippen LogP contribution in [0.15, 0.2) is 24.3 Å². The number of hydrogen-bond acceptors (Lipinski definition) is 5. The summed E-state index contributed by atoms with van der Waals surface area (Å²) in [6.45, 7) is 3.16. The van der Waals surface area contributed by atoms with E-state index in [1.165, 1.54) is 17.7 Å². The molecule has 2 aliphatic rings. The largest absolute Gasteiger partial charge is 0.461 e. The van der Waals surface area contributed by atoms with Gasteiger partial charge in [-0.1, -0.05) is 19.3 Å². The minimum absolute atomic E-state index is 0.00437. The first-order valence-electron chi connectivity index (χ1n) is 11.1. The Balaban J connectivity index is 1.77. The van der Waals surface area contributed by atoms with Gasteiger partial charge in [-0.3, -0.25) is 19.2 Å². The van der Waals surface area contributed by atoms with Crippen molar-refractivity contribution in [3.05, 3.63) is 47.3 Å². The van der Waals surface area contributed by atoms with Gasteiger partial charge in [0.25, 0.3) is 5.91 Å². The Hall–Kier alpha value is -3.30. The van der Waals surface area contributed by atoms with Crippen molar-refractivity contribution in [1.29, 1.82) is 0 Å². The molecule has 1 N–H and O–H groups in total. The molecular weight excluding hydrogens is 434 g/mol. The molecule has 1 aromatic carbocycles. The minimum atomic E-state index is -1.57. The van der Waals surface area contributed by atoms with Gasteiger partial charge in [-0.2, -0.15) is 5.10 Å². The molecule has 4 rings (SSSR count). The van der Waals surface area contributed by atoms with Crippen molar-refractivity contribution in [1.82, 2.24) is 15.1 Å². The lowest BCUT2D eigenvalue weighted by Crippen LogP contribution is -2.65. The zero-order chi connectivity index (χ0) is 23.8. The molecule has 0 bridgehead atoms. The van der Waals surface area contributed by atoms with Crippen LogP contribution in [0.3, 0.4) is 0 Å². The third-order valence-electron chi connectivity index (χ3n) is 6.22. The molecule has 0 saturated heterocycles. The number of hydrogen-bond donors (Lipinski definition) is 1. The first-order valence-corrected chi connectivity index (χ1v) is 11.1. The maximum Gasteiger partial charge on any atom is 0.358 e. The highest BCUT2D eigenvalue weighted by atomic mass is 19.1. The van der Waals surface area contributed by atoms with Gasteiger partial charge in [0.05, 0.1) is 18.8 Å². The topological polar surface area (TPSA) is 93.5 Å². The zero-order valence-electron chi connectivity index (χ0n) is 18.6. The Bertz CT molecular complexity index is 1100. The molecule has 0 spiro atoms. The van der Waals surface area contributed by atoms with E-state index in [2.05, 4.69) is 10.4 Å². The summed E-state index contributed by atoms with van der Waals surface area (Å²) in [6.07, 6.45) is 4.72. The molecule has 2 amide bonds. The molecule has 176 valence electrons. The predicted molar refractivity (Wildman–Crippen MR) is 115 cm³/mol. The van der Waals surface area contributed by atoms with Crippen molar-refractivity contribution in [3.8, 4) is 0 Å². The Morgan fingerprint density at radius 3 is 2.61 bits per heavy atom. The van der Waals surface area contributed by atoms with E-state index in [4.69, 9.17) is 4.74 Å². The van der Waals surface area contributed by atoms with Crippen LogP contribution in [0.2, 0.25) is 0 Å². The van der Waals surface area contributed by atoms with Crippen LogP contribution in [0.5, 0.6) is 0 Å². The average Bonchev–Trinajstić information content (AvgIpc) is 3.20. The van der Waals surface area contributed by atoms with Gasteiger partial charge in [-0.15, -0.1) is 0 Å². The number of nitrogens with zero attached hydrogens (tertiary/aromatic N) is 3. The van der Waals surface area contributed by atoms with Crippen LogP contribution in [0.25, 0.3) is 0 Å². The van der Waals surface area contributed by atoms with Gasteiger partial charge < -0.3 is 10.1 Å². The maximum atomic E-state index is 14.8. The second-order valence-electron chi connectivity index (χ2n) is 8.61. The van der Waals surface area contributed by atoms with Crippen molar-refractivity contribution in [2.24, 2.45) is 0 Å². The number of benzene rings is 1. The van der Waals surface area contributed by atoms with Crippen molar-refractivity contribution in [3.63, 3.8) is 0 Å². The fraction of sp³-hybridized carbons (Fsp3) is 0.478. The van der Waals surface area contributed by atoms with Crippen LogP contribution in [-0.2, 0) is 16.1 Å². The summed E-state index contributed by atoms with van der Waals surface area (Å²) in [4.78, 5) is 40.2. The number of anilines is 1. The van der Waals surface area contributed by atoms with Crippen LogP contribution >= 0.6 is 0 Å². The number of halogens is 2. The molecule has 33 heavy (non-hydrogen) atoms. The van der Waals surface area contributed by atoms with Crippen LogP contribution in [0.1, 0.15) is 66.9 Å². The lowest BCUT2D eigenvalue weighted by atomic mass is 9.91. The third-order valence-corrected chi connectivity index (χ3v) is 6.22. The Labute approximate surface area is 189 Å². The lowest BCUT2D eigenvalue weighted by molar-refractivity contribution is -0.127. The first kappa shape index (κ1) is 22.9. The summed E-state index contributed by atoms with van der Waals surface area (Å²) in [5.41, 5.74) is -1.88. The molecular formula is C23H26F2N4O4. The highest BCUT2D eigenvalue weighted by molar-refractivity contribution is 6.12. The fourth-order valence-corrected chi connectivity index (χ4v) is 4.51. The van der Waals surface area contributed by atoms with E-state index in [-0.39, 0.29) is 36.3 Å². The van der Waals surface area contributed by atoms with Gasteiger partial charge in [0.15, 0.2) is 5.69 Å². The van der Waals surface area contributed by atoms with Gasteiger partial charge in [-0.25, -0.2) is 13.6 Å². The highest BCUT2D eigenvalue weighted by Crippen LogP contribution is 2.35. The number of amides is 2. The molecule has 0 radical (unpaired) electrons. The quantitative estimate of drug-likeness (QED) is 0.692. The van der Waals surface area contributed by atoms with Gasteiger partial charge >= 0.3 is 5.97 Å². The number of nitrogens with one attached hydrogen (secondary N) is 1. The third kappa shape index (κ3) is 4.21. The smallest absolute Gasteiger partial charge is 0.358 e. The molecule has 1 fully saturated rings. The second kappa shape index (κ2) is 8.92. The summed E-state index contributed by atoms with van der Waals surface area (Å²) in [5, 5.41) is 7.17. The molecule has 1 saturated carbocycles. The Kier molecular flexibility index (Phi) is 6.18. The molecule has 1 aliphatic heterocycles. The van der Waals surface area contributed by atoms with Gasteiger partial charge in [0.2, 0.25) is 5.91 Å². The average molecular weight is 460 g/mol. The van der Waals surface area contributed by atoms with Crippen molar-refractivity contribution in [2.75, 3.05) is 11.5 Å². The van der Waals surface area contributed by atoms with E-state index in [0.29, 0.717) is 6.07 Å². The van der Waals surface area contributed by atoms with E-state index >= 15 is 0 Å². The molecule has 1 aromatic heterocycles. The molecule has 1 atom stereocenters. The number of ether oxygens (including phenoxy) is 1. The molecule has 10 heteroatoms. The summed E-state index contributed by atoms with van der Waals surface area (Å²) < 4.78 is 34.6. The number of carbonyl (C=O) groups is 3. The fourth-order valence-electron chi connectivity index (χ4n) is 4.51. The number of fused-ring (bicyclic) bond motifs is 1. The summed E-state index contributed by atoms with van der Waals surface area (Å²) in [7, 11) is 0. The number of esters is 1. The van der Waals surface area contributed by atoms with Crippen molar-refractivity contribution >= 4 is 23.5 Å². The Morgan fingerprint density at radius 2 is 1.94 bits per heavy atom. The monoisotopic (exact) mass is 460 g/mol. The first-order chi connectivity index (χ1) is 15.7. The van der Waals surface area contributed by atoms with E-state index in [1.807, 2.05) is 0 Å². The normalized spacial score (nSPS) is 21.0. The van der Waals surface area contributed by atoms with Crippen LogP contribution in [0.4, 0.5) is 14.5 Å². The van der Waals surface area contributed by atoms with Gasteiger partial charge in [-0.05, 0) is 38.8 Å². The van der Waals surface area contributed by atoms with Crippen LogP contribution in [-0.4, -0.2) is 45.8 Å². The summed E-state index contributed by atoms with van der Waals surface area (Å²) in [6, 6.07) is 4.03.